The molecule has 0 bridgehead atoms. The van der Waals surface area contributed by atoms with Crippen LogP contribution in [0.3, 0.4) is 0 Å². The molecule has 0 radical (unpaired) electrons. The highest BCUT2D eigenvalue weighted by atomic mass is 16.6. The van der Waals surface area contributed by atoms with Crippen LogP contribution in [0, 0.1) is 0 Å². The first-order chi connectivity index (χ1) is 14.8. The molecule has 0 aromatic heterocycles. The van der Waals surface area contributed by atoms with Crippen LogP contribution in [-0.2, 0) is 33.4 Å². The van der Waals surface area contributed by atoms with Crippen molar-refractivity contribution in [3.05, 3.63) is 35.9 Å². The fraction of sp³-hybridized carbons (Fsp3) is 0.429. The molecule has 3 N–H and O–H groups in total. The summed E-state index contributed by atoms with van der Waals surface area (Å²) in [6.45, 7) is 1.56. The maximum absolute atomic E-state index is 13.0. The van der Waals surface area contributed by atoms with Crippen LogP contribution >= 0.6 is 0 Å². The summed E-state index contributed by atoms with van der Waals surface area (Å²) in [7, 11) is 0. The van der Waals surface area contributed by atoms with Crippen molar-refractivity contribution in [2.24, 2.45) is 0 Å². The van der Waals surface area contributed by atoms with Gasteiger partial charge in [0.05, 0.1) is 12.2 Å². The zero-order chi connectivity index (χ0) is 24.9. The van der Waals surface area contributed by atoms with E-state index in [0.717, 1.165) is 6.92 Å². The van der Waals surface area contributed by atoms with E-state index in [9.17, 15) is 44.1 Å². The minimum absolute atomic E-state index is 0.209. The largest absolute Gasteiger partial charge is 0.439 e. The van der Waals surface area contributed by atoms with Gasteiger partial charge in [0, 0.05) is 13.8 Å². The van der Waals surface area contributed by atoms with E-state index in [-0.39, 0.29) is 5.56 Å². The number of esters is 2. The summed E-state index contributed by atoms with van der Waals surface area (Å²) in [5.74, 6) is -8.75. The van der Waals surface area contributed by atoms with Gasteiger partial charge < -0.3 is 24.8 Å². The lowest BCUT2D eigenvalue weighted by Crippen LogP contribution is -2.77. The van der Waals surface area contributed by atoms with Gasteiger partial charge in [-0.15, -0.1) is 0 Å². The minimum atomic E-state index is -3.49. The zero-order valence-corrected chi connectivity index (χ0v) is 17.9. The first kappa shape index (κ1) is 26.8. The molecule has 0 heterocycles. The van der Waals surface area contributed by atoms with Crippen LogP contribution in [0.5, 0.6) is 0 Å². The SMILES string of the molecule is CC(=O)O[C@@](C(C)=O)(C(=O)C(C)=O)C(OC(=O)c1ccccc1)(C(C)=O)C(O)C(O)CO. The Morgan fingerprint density at radius 1 is 0.875 bits per heavy atom. The molecule has 1 aromatic carbocycles. The highest BCUT2D eigenvalue weighted by Gasteiger charge is 2.73. The van der Waals surface area contributed by atoms with Crippen molar-refractivity contribution in [3.63, 3.8) is 0 Å². The molecule has 1 aromatic rings. The number of ketones is 4. The summed E-state index contributed by atoms with van der Waals surface area (Å²) >= 11 is 0. The van der Waals surface area contributed by atoms with E-state index in [1.54, 1.807) is 0 Å². The molecule has 0 aliphatic carbocycles. The Morgan fingerprint density at radius 2 is 1.41 bits per heavy atom. The quantitative estimate of drug-likeness (QED) is 0.211. The van der Waals surface area contributed by atoms with Gasteiger partial charge in [-0.05, 0) is 26.0 Å². The first-order valence-electron chi connectivity index (χ1n) is 9.31. The topological polar surface area (TPSA) is 182 Å². The molecule has 11 heteroatoms. The van der Waals surface area contributed by atoms with E-state index in [1.807, 2.05) is 0 Å². The lowest BCUT2D eigenvalue weighted by Gasteiger charge is -2.46. The average Bonchev–Trinajstić information content (AvgIpc) is 2.74. The molecule has 174 valence electrons. The van der Waals surface area contributed by atoms with Gasteiger partial charge >= 0.3 is 11.9 Å². The van der Waals surface area contributed by atoms with Gasteiger partial charge in [0.25, 0.3) is 17.0 Å². The van der Waals surface area contributed by atoms with E-state index in [0.29, 0.717) is 20.8 Å². The second-order valence-corrected chi connectivity index (χ2v) is 6.96. The van der Waals surface area contributed by atoms with Crippen molar-refractivity contribution < 1.29 is 53.6 Å². The zero-order valence-electron chi connectivity index (χ0n) is 17.9. The average molecular weight is 452 g/mol. The molecule has 0 amide bonds. The molecule has 0 spiro atoms. The number of rotatable bonds is 11. The highest BCUT2D eigenvalue weighted by molar-refractivity contribution is 6.45. The van der Waals surface area contributed by atoms with Gasteiger partial charge in [-0.25, -0.2) is 4.79 Å². The summed E-state index contributed by atoms with van der Waals surface area (Å²) in [4.78, 5) is 75.4. The number of benzene rings is 1. The normalized spacial score (nSPS) is 16.5. The van der Waals surface area contributed by atoms with E-state index in [4.69, 9.17) is 9.47 Å². The number of Topliss-reactive ketones (excluding diaryl/α,β-unsaturated/α-hetero) is 4. The monoisotopic (exact) mass is 452 g/mol. The van der Waals surface area contributed by atoms with Crippen LogP contribution in [0.25, 0.3) is 0 Å². The van der Waals surface area contributed by atoms with Gasteiger partial charge in [0.15, 0.2) is 17.3 Å². The molecular weight excluding hydrogens is 428 g/mol. The summed E-state index contributed by atoms with van der Waals surface area (Å²) in [6, 6.07) is 6.83. The van der Waals surface area contributed by atoms with Crippen LogP contribution in [0.15, 0.2) is 30.3 Å². The predicted octanol–water partition coefficient (Wildman–Crippen LogP) is -1.07. The number of aliphatic hydroxyl groups is 3. The Labute approximate surface area is 182 Å². The number of carbonyl (C=O) groups excluding carboxylic acids is 6. The molecule has 0 aliphatic heterocycles. The summed E-state index contributed by atoms with van der Waals surface area (Å²) in [5, 5.41) is 30.2. The number of hydrogen-bond donors (Lipinski definition) is 3. The molecule has 1 rings (SSSR count). The molecule has 3 unspecified atom stereocenters. The fourth-order valence-electron chi connectivity index (χ4n) is 3.27. The Hall–Kier alpha value is -3.28. The van der Waals surface area contributed by atoms with Gasteiger partial charge in [-0.2, -0.15) is 0 Å². The molecule has 4 atom stereocenters. The molecule has 0 saturated heterocycles. The Morgan fingerprint density at radius 3 is 1.78 bits per heavy atom. The molecule has 0 saturated carbocycles. The van der Waals surface area contributed by atoms with Crippen LogP contribution in [-0.4, -0.2) is 80.4 Å². The van der Waals surface area contributed by atoms with Crippen LogP contribution in [0.2, 0.25) is 0 Å². The third-order valence-electron chi connectivity index (χ3n) is 4.71. The van der Waals surface area contributed by atoms with Crippen molar-refractivity contribution >= 4 is 35.1 Å². The van der Waals surface area contributed by atoms with E-state index >= 15 is 0 Å². The fourth-order valence-corrected chi connectivity index (χ4v) is 3.27. The smallest absolute Gasteiger partial charge is 0.339 e. The number of carbonyl (C=O) groups is 6. The lowest BCUT2D eigenvalue weighted by atomic mass is 9.68. The maximum Gasteiger partial charge on any atom is 0.339 e. The summed E-state index contributed by atoms with van der Waals surface area (Å²) in [6.07, 6.45) is -4.94. The van der Waals surface area contributed by atoms with E-state index in [2.05, 4.69) is 0 Å². The minimum Gasteiger partial charge on any atom is -0.439 e. The predicted molar refractivity (Wildman–Crippen MR) is 105 cm³/mol. The number of ether oxygens (including phenoxy) is 2. The maximum atomic E-state index is 13.0. The van der Waals surface area contributed by atoms with Crippen molar-refractivity contribution in [2.75, 3.05) is 6.61 Å². The molecule has 32 heavy (non-hydrogen) atoms. The second-order valence-electron chi connectivity index (χ2n) is 6.96. The molecule has 0 aliphatic rings. The third-order valence-corrected chi connectivity index (χ3v) is 4.71. The number of aliphatic hydroxyl groups excluding tert-OH is 3. The van der Waals surface area contributed by atoms with E-state index < -0.39 is 65.1 Å². The van der Waals surface area contributed by atoms with Crippen molar-refractivity contribution in [1.29, 1.82) is 0 Å². The summed E-state index contributed by atoms with van der Waals surface area (Å²) < 4.78 is 10.1. The molecule has 0 fully saturated rings. The van der Waals surface area contributed by atoms with Gasteiger partial charge in [-0.1, -0.05) is 18.2 Å². The van der Waals surface area contributed by atoms with Crippen molar-refractivity contribution in [1.82, 2.24) is 0 Å². The van der Waals surface area contributed by atoms with Crippen LogP contribution < -0.4 is 0 Å². The van der Waals surface area contributed by atoms with Gasteiger partial charge in [-0.3, -0.25) is 24.0 Å². The Kier molecular flexibility index (Phi) is 8.66. The summed E-state index contributed by atoms with van der Waals surface area (Å²) in [5.41, 5.74) is -7.13. The van der Waals surface area contributed by atoms with Crippen molar-refractivity contribution in [2.45, 2.75) is 51.1 Å². The second kappa shape index (κ2) is 10.4. The molecular formula is C21H24O11. The van der Waals surface area contributed by atoms with Crippen LogP contribution in [0.1, 0.15) is 38.1 Å². The van der Waals surface area contributed by atoms with Crippen molar-refractivity contribution in [3.8, 4) is 0 Å². The molecule has 11 nitrogen and oxygen atoms in total. The van der Waals surface area contributed by atoms with E-state index in [1.165, 1.54) is 30.3 Å². The third kappa shape index (κ3) is 4.64. The van der Waals surface area contributed by atoms with Gasteiger partial charge in [0.2, 0.25) is 0 Å². The Balaban J connectivity index is 4.09. The highest BCUT2D eigenvalue weighted by Crippen LogP contribution is 2.39. The van der Waals surface area contributed by atoms with Gasteiger partial charge in [0.1, 0.15) is 12.2 Å². The number of hydrogen-bond acceptors (Lipinski definition) is 11. The standard InChI is InChI=1S/C21H24O11/c1-11(23)17(28)20(12(2)24,31-14(4)26)21(13(3)25,18(29)16(27)10-22)32-19(30)15-8-6-5-7-9-15/h5-9,16,18,22,27,29H,10H2,1-4H3/t16?,18?,20-,21?/m0/s1. The lowest BCUT2D eigenvalue weighted by molar-refractivity contribution is -0.226. The Bertz CT molecular complexity index is 923. The van der Waals surface area contributed by atoms with Crippen LogP contribution in [0.4, 0.5) is 0 Å². The first-order valence-corrected chi connectivity index (χ1v) is 9.31.